The zero-order valence-electron chi connectivity index (χ0n) is 7.40. The Hall–Kier alpha value is -0.240. The highest BCUT2D eigenvalue weighted by Gasteiger charge is 2.10. The van der Waals surface area contributed by atoms with Crippen molar-refractivity contribution in [1.29, 1.82) is 0 Å². The molecule has 0 aliphatic heterocycles. The van der Waals surface area contributed by atoms with E-state index >= 15 is 0 Å². The van der Waals surface area contributed by atoms with Crippen molar-refractivity contribution in [3.05, 3.63) is 11.9 Å². The Balaban J connectivity index is 3.25. The first-order valence-corrected chi connectivity index (χ1v) is 5.42. The lowest BCUT2D eigenvalue weighted by atomic mass is 10.3. The van der Waals surface area contributed by atoms with Crippen LogP contribution in [0, 0.1) is 0 Å². The number of allylic oxidation sites excluding steroid dienone is 1. The summed E-state index contributed by atoms with van der Waals surface area (Å²) in [6.45, 7) is 2.61. The summed E-state index contributed by atoms with van der Waals surface area (Å²) in [5, 5.41) is 8.43. The second-order valence-corrected chi connectivity index (χ2v) is 3.47. The largest absolute Gasteiger partial charge is 0.540 e. The van der Waals surface area contributed by atoms with Crippen LogP contribution in [0.1, 0.15) is 26.2 Å². The Kier molecular flexibility index (Phi) is 8.68. The van der Waals surface area contributed by atoms with Crippen molar-refractivity contribution in [2.75, 3.05) is 13.2 Å². The molecule has 70 valence electrons. The van der Waals surface area contributed by atoms with Crippen molar-refractivity contribution in [2.24, 2.45) is 0 Å². The molecule has 0 bridgehead atoms. The first-order chi connectivity index (χ1) is 5.81. The van der Waals surface area contributed by atoms with E-state index in [0.717, 1.165) is 12.8 Å². The Labute approximate surface area is 74.3 Å². The summed E-state index contributed by atoms with van der Waals surface area (Å²) in [5.41, 5.74) is 0. The van der Waals surface area contributed by atoms with Gasteiger partial charge in [-0.1, -0.05) is 6.92 Å². The molecule has 0 fully saturated rings. The Morgan fingerprint density at radius 2 is 2.25 bits per heavy atom. The molecule has 1 unspecified atom stereocenters. The van der Waals surface area contributed by atoms with Crippen LogP contribution in [-0.4, -0.2) is 18.3 Å². The molecule has 0 spiro atoms. The maximum Gasteiger partial charge on any atom is 0.540 e. The lowest BCUT2D eigenvalue weighted by Crippen LogP contribution is -1.89. The van der Waals surface area contributed by atoms with E-state index in [1.807, 2.05) is 13.0 Å². The highest BCUT2D eigenvalue weighted by molar-refractivity contribution is 7.42. The number of hydrogen-bond donors (Lipinski definition) is 1. The highest BCUT2D eigenvalue weighted by atomic mass is 31.1. The number of aliphatic hydroxyl groups is 1. The standard InChI is InChI=1S/C8H16O3P/c1-2-3-8-12(10)11-7-5-4-6-9/h3,8-9H,2,4-7H2,1H3/q+1. The molecular weight excluding hydrogens is 175 g/mol. The van der Waals surface area contributed by atoms with Crippen LogP contribution in [0.5, 0.6) is 0 Å². The summed E-state index contributed by atoms with van der Waals surface area (Å²) < 4.78 is 15.9. The van der Waals surface area contributed by atoms with Gasteiger partial charge in [0.05, 0.1) is 0 Å². The van der Waals surface area contributed by atoms with Gasteiger partial charge in [-0.25, -0.2) is 0 Å². The summed E-state index contributed by atoms with van der Waals surface area (Å²) in [6, 6.07) is 0. The highest BCUT2D eigenvalue weighted by Crippen LogP contribution is 2.23. The Morgan fingerprint density at radius 3 is 2.83 bits per heavy atom. The topological polar surface area (TPSA) is 46.5 Å². The number of rotatable bonds is 7. The Morgan fingerprint density at radius 1 is 1.50 bits per heavy atom. The van der Waals surface area contributed by atoms with Crippen molar-refractivity contribution in [1.82, 2.24) is 0 Å². The van der Waals surface area contributed by atoms with Crippen LogP contribution < -0.4 is 0 Å². The van der Waals surface area contributed by atoms with Gasteiger partial charge < -0.3 is 5.11 Å². The Bertz CT molecular complexity index is 145. The first-order valence-electron chi connectivity index (χ1n) is 4.18. The average Bonchev–Trinajstić information content (AvgIpc) is 2.09. The monoisotopic (exact) mass is 191 g/mol. The van der Waals surface area contributed by atoms with Gasteiger partial charge in [-0.05, 0) is 29.9 Å². The summed E-state index contributed by atoms with van der Waals surface area (Å²) >= 11 is 0. The predicted octanol–water partition coefficient (Wildman–Crippen LogP) is 2.44. The molecule has 0 aliphatic rings. The molecule has 0 aromatic rings. The van der Waals surface area contributed by atoms with Gasteiger partial charge in [-0.15, -0.1) is 4.52 Å². The molecule has 12 heavy (non-hydrogen) atoms. The van der Waals surface area contributed by atoms with Crippen molar-refractivity contribution >= 4 is 8.03 Å². The van der Waals surface area contributed by atoms with Gasteiger partial charge in [0.1, 0.15) is 6.61 Å². The van der Waals surface area contributed by atoms with Crippen LogP contribution in [0.3, 0.4) is 0 Å². The van der Waals surface area contributed by atoms with Crippen LogP contribution in [0.4, 0.5) is 0 Å². The number of hydrogen-bond acceptors (Lipinski definition) is 3. The smallest absolute Gasteiger partial charge is 0.396 e. The number of aliphatic hydroxyl groups excluding tert-OH is 1. The lowest BCUT2D eigenvalue weighted by Gasteiger charge is -1.89. The molecule has 0 amide bonds. The van der Waals surface area contributed by atoms with Gasteiger partial charge in [-0.3, -0.25) is 0 Å². The molecule has 0 rings (SSSR count). The SMILES string of the molecule is CCC=C[P+](=O)OCCCCO. The first kappa shape index (κ1) is 11.8. The fraction of sp³-hybridized carbons (Fsp3) is 0.750. The van der Waals surface area contributed by atoms with Gasteiger partial charge in [0.25, 0.3) is 0 Å². The van der Waals surface area contributed by atoms with E-state index in [-0.39, 0.29) is 6.61 Å². The molecule has 1 N–H and O–H groups in total. The van der Waals surface area contributed by atoms with Gasteiger partial charge in [0, 0.05) is 6.61 Å². The fourth-order valence-corrected chi connectivity index (χ4v) is 1.38. The van der Waals surface area contributed by atoms with Gasteiger partial charge >= 0.3 is 8.03 Å². The zero-order chi connectivity index (χ0) is 9.23. The second-order valence-electron chi connectivity index (χ2n) is 2.34. The molecule has 0 aliphatic carbocycles. The van der Waals surface area contributed by atoms with Gasteiger partial charge in [0.15, 0.2) is 5.82 Å². The van der Waals surface area contributed by atoms with Crippen molar-refractivity contribution < 1.29 is 14.2 Å². The molecule has 0 heterocycles. The molecular formula is C8H16O3P+. The third-order valence-electron chi connectivity index (χ3n) is 1.23. The quantitative estimate of drug-likeness (QED) is 0.496. The molecule has 1 atom stereocenters. The van der Waals surface area contributed by atoms with E-state index in [2.05, 4.69) is 0 Å². The van der Waals surface area contributed by atoms with Gasteiger partial charge in [-0.2, -0.15) is 0 Å². The molecule has 0 aromatic heterocycles. The maximum absolute atomic E-state index is 10.9. The maximum atomic E-state index is 10.9. The number of unbranched alkanes of at least 4 members (excludes halogenated alkanes) is 1. The molecule has 0 saturated carbocycles. The summed E-state index contributed by atoms with van der Waals surface area (Å²) in [4.78, 5) is 0. The minimum absolute atomic E-state index is 0.172. The summed E-state index contributed by atoms with van der Waals surface area (Å²) in [7, 11) is -1.62. The molecule has 0 aromatic carbocycles. The van der Waals surface area contributed by atoms with E-state index in [4.69, 9.17) is 9.63 Å². The molecule has 0 saturated heterocycles. The van der Waals surface area contributed by atoms with Crippen molar-refractivity contribution in [3.63, 3.8) is 0 Å². The van der Waals surface area contributed by atoms with Crippen LogP contribution in [-0.2, 0) is 9.09 Å². The molecule has 4 heteroatoms. The van der Waals surface area contributed by atoms with Crippen LogP contribution in [0.2, 0.25) is 0 Å². The lowest BCUT2D eigenvalue weighted by molar-refractivity contribution is 0.259. The van der Waals surface area contributed by atoms with Gasteiger partial charge in [0.2, 0.25) is 0 Å². The summed E-state index contributed by atoms with van der Waals surface area (Å²) in [6.07, 6.45) is 4.17. The average molecular weight is 191 g/mol. The zero-order valence-corrected chi connectivity index (χ0v) is 8.30. The van der Waals surface area contributed by atoms with E-state index in [1.54, 1.807) is 5.82 Å². The summed E-state index contributed by atoms with van der Waals surface area (Å²) in [5.74, 6) is 1.58. The third kappa shape index (κ3) is 7.86. The van der Waals surface area contributed by atoms with Crippen LogP contribution in [0.15, 0.2) is 11.9 Å². The van der Waals surface area contributed by atoms with E-state index < -0.39 is 8.03 Å². The minimum atomic E-state index is -1.62. The van der Waals surface area contributed by atoms with Crippen LogP contribution >= 0.6 is 8.03 Å². The molecule has 3 nitrogen and oxygen atoms in total. The van der Waals surface area contributed by atoms with Crippen LogP contribution in [0.25, 0.3) is 0 Å². The fourth-order valence-electron chi connectivity index (χ4n) is 0.603. The third-order valence-corrected chi connectivity index (χ3v) is 2.13. The van der Waals surface area contributed by atoms with Crippen molar-refractivity contribution in [2.45, 2.75) is 26.2 Å². The van der Waals surface area contributed by atoms with E-state index in [9.17, 15) is 4.57 Å². The minimum Gasteiger partial charge on any atom is -0.396 e. The second kappa shape index (κ2) is 8.85. The molecule has 0 radical (unpaired) electrons. The van der Waals surface area contributed by atoms with Crippen molar-refractivity contribution in [3.8, 4) is 0 Å². The normalized spacial score (nSPS) is 12.3. The predicted molar refractivity (Wildman–Crippen MR) is 49.3 cm³/mol. The van der Waals surface area contributed by atoms with E-state index in [0.29, 0.717) is 13.0 Å². The van der Waals surface area contributed by atoms with E-state index in [1.165, 1.54) is 0 Å².